The number of aromatic nitrogens is 2. The van der Waals surface area contributed by atoms with Gasteiger partial charge in [0, 0.05) is 54.1 Å². The van der Waals surface area contributed by atoms with Crippen LogP contribution in [-0.2, 0) is 28.4 Å². The molecule has 3 aromatic carbocycles. The van der Waals surface area contributed by atoms with Gasteiger partial charge in [-0.25, -0.2) is 9.97 Å². The molecule has 0 atom stereocenters. The molecule has 0 saturated heterocycles. The van der Waals surface area contributed by atoms with Crippen LogP contribution in [0.25, 0.3) is 11.3 Å². The van der Waals surface area contributed by atoms with Crippen LogP contribution in [0.5, 0.6) is 0 Å². The molecule has 0 aliphatic heterocycles. The van der Waals surface area contributed by atoms with Gasteiger partial charge in [-0.1, -0.05) is 23.8 Å². The van der Waals surface area contributed by atoms with Crippen molar-refractivity contribution in [3.63, 3.8) is 0 Å². The van der Waals surface area contributed by atoms with Crippen LogP contribution in [-0.4, -0.2) is 137 Å². The Bertz CT molecular complexity index is 1890. The molecule has 16 nitrogen and oxygen atoms in total. The maximum atomic E-state index is 13.2. The summed E-state index contributed by atoms with van der Waals surface area (Å²) < 4.78 is 59.4. The van der Waals surface area contributed by atoms with Gasteiger partial charge in [0.25, 0.3) is 11.8 Å². The van der Waals surface area contributed by atoms with E-state index in [9.17, 15) is 28.4 Å². The van der Waals surface area contributed by atoms with Gasteiger partial charge >= 0.3 is 13.2 Å². The number of benzene rings is 3. The van der Waals surface area contributed by atoms with Gasteiger partial charge in [-0.3, -0.25) is 9.59 Å². The fourth-order valence-electron chi connectivity index (χ4n) is 5.38. The Morgan fingerprint density at radius 2 is 1.15 bits per heavy atom. The zero-order valence-corrected chi connectivity index (χ0v) is 33.8. The predicted molar refractivity (Wildman–Crippen MR) is 222 cm³/mol. The van der Waals surface area contributed by atoms with E-state index >= 15 is 0 Å². The number of carbonyl (C=O) groups excluding carboxylic acids is 2. The topological polar surface area (TPSA) is 204 Å². The molecule has 6 N–H and O–H groups in total. The molecular weight excluding hydrogens is 785 g/mol. The van der Waals surface area contributed by atoms with Crippen molar-refractivity contribution < 1.29 is 56.8 Å². The summed E-state index contributed by atoms with van der Waals surface area (Å²) in [7, 11) is -1.64. The lowest BCUT2D eigenvalue weighted by molar-refractivity contribution is -0.0163. The first-order valence-electron chi connectivity index (χ1n) is 19.4. The average Bonchev–Trinajstić information content (AvgIpc) is 3.23. The molecule has 60 heavy (non-hydrogen) atoms. The molecule has 1 aromatic heterocycles. The standard InChI is InChI=1S/C41H53BF2N6O10/c1-30-6-7-33(27-36(30)42(53)54)40(52)46-13-15-56-17-19-58-21-23-60-25-24-59-22-20-57-18-16-55-14-12-45-39(51)32-5-3-4-31(26-32)37-28-38(48-29-47-37)49-34-8-10-35(11-9-34)50-41(2,43)44/h3-11,26-29,50,53-54H,12-25H2,1-2H3,(H,45,51)(H,46,52)(H,47,48,49). The van der Waals surface area contributed by atoms with E-state index in [0.717, 1.165) is 6.92 Å². The molecule has 0 bridgehead atoms. The van der Waals surface area contributed by atoms with Crippen molar-refractivity contribution in [3.05, 3.63) is 95.8 Å². The van der Waals surface area contributed by atoms with E-state index in [1.807, 2.05) is 6.07 Å². The molecule has 324 valence electrons. The molecule has 0 aliphatic rings. The zero-order valence-electron chi connectivity index (χ0n) is 33.8. The van der Waals surface area contributed by atoms with Crippen LogP contribution in [0.2, 0.25) is 0 Å². The average molecular weight is 839 g/mol. The number of ether oxygens (including phenoxy) is 6. The first kappa shape index (κ1) is 47.6. The second-order valence-corrected chi connectivity index (χ2v) is 13.2. The number of alkyl halides is 2. The van der Waals surface area contributed by atoms with E-state index in [0.29, 0.717) is 132 Å². The van der Waals surface area contributed by atoms with Crippen LogP contribution in [0.15, 0.2) is 79.1 Å². The molecule has 1 heterocycles. The van der Waals surface area contributed by atoms with Gasteiger partial charge in [-0.15, -0.1) is 0 Å². The summed E-state index contributed by atoms with van der Waals surface area (Å²) in [6, 6.07) is 16.9. The highest BCUT2D eigenvalue weighted by Crippen LogP contribution is 2.24. The number of hydrogen-bond acceptors (Lipinski definition) is 14. The largest absolute Gasteiger partial charge is 0.488 e. The van der Waals surface area contributed by atoms with Crippen LogP contribution in [0.4, 0.5) is 26.0 Å². The van der Waals surface area contributed by atoms with E-state index in [1.54, 1.807) is 55.5 Å². The van der Waals surface area contributed by atoms with Gasteiger partial charge in [0.1, 0.15) is 12.1 Å². The molecule has 4 aromatic rings. The lowest BCUT2D eigenvalue weighted by Crippen LogP contribution is -2.34. The maximum Gasteiger partial charge on any atom is 0.488 e. The highest BCUT2D eigenvalue weighted by atomic mass is 19.3. The second-order valence-electron chi connectivity index (χ2n) is 13.2. The molecule has 0 spiro atoms. The number of anilines is 3. The third-order valence-corrected chi connectivity index (χ3v) is 8.35. The summed E-state index contributed by atoms with van der Waals surface area (Å²) in [6.07, 6.45) is 1.40. The SMILES string of the molecule is Cc1ccc(C(=O)NCCOCCOCCOCCOCCOCCOCCNC(=O)c2cccc(-c3cc(Nc4ccc(NC(C)(F)F)cc4)ncn3)c2)cc1B(O)O. The van der Waals surface area contributed by atoms with Crippen molar-refractivity contribution in [3.8, 4) is 11.3 Å². The minimum atomic E-state index is -3.03. The Hall–Kier alpha value is -5.12. The highest BCUT2D eigenvalue weighted by Gasteiger charge is 2.20. The van der Waals surface area contributed by atoms with E-state index in [1.165, 1.54) is 24.5 Å². The van der Waals surface area contributed by atoms with Crippen LogP contribution in [0.3, 0.4) is 0 Å². The molecule has 19 heteroatoms. The first-order valence-corrected chi connectivity index (χ1v) is 19.4. The van der Waals surface area contributed by atoms with Gasteiger partial charge in [0.15, 0.2) is 0 Å². The number of hydrogen-bond donors (Lipinski definition) is 6. The number of halogens is 2. The number of rotatable bonds is 29. The Balaban J connectivity index is 0.933. The van der Waals surface area contributed by atoms with Gasteiger partial charge in [-0.2, -0.15) is 8.78 Å². The molecule has 0 saturated carbocycles. The van der Waals surface area contributed by atoms with Crippen LogP contribution >= 0.6 is 0 Å². The summed E-state index contributed by atoms with van der Waals surface area (Å²) >= 11 is 0. The monoisotopic (exact) mass is 838 g/mol. The quantitative estimate of drug-likeness (QED) is 0.0265. The van der Waals surface area contributed by atoms with Crippen molar-refractivity contribution in [1.29, 1.82) is 0 Å². The number of nitrogens with one attached hydrogen (secondary N) is 4. The van der Waals surface area contributed by atoms with E-state index in [2.05, 4.69) is 31.2 Å². The van der Waals surface area contributed by atoms with Crippen molar-refractivity contribution in [2.24, 2.45) is 0 Å². The molecule has 4 rings (SSSR count). The summed E-state index contributed by atoms with van der Waals surface area (Å²) in [5.74, 6) is -0.0848. The lowest BCUT2D eigenvalue weighted by atomic mass is 9.76. The van der Waals surface area contributed by atoms with Gasteiger partial charge in [0.05, 0.1) is 85.0 Å². The molecular formula is C41H53BF2N6O10. The van der Waals surface area contributed by atoms with E-state index in [-0.39, 0.29) is 23.0 Å². The van der Waals surface area contributed by atoms with E-state index in [4.69, 9.17) is 28.4 Å². The minimum Gasteiger partial charge on any atom is -0.423 e. The zero-order chi connectivity index (χ0) is 43.0. The summed E-state index contributed by atoms with van der Waals surface area (Å²) in [5.41, 5.74) is 4.02. The van der Waals surface area contributed by atoms with Crippen molar-refractivity contribution in [1.82, 2.24) is 20.6 Å². The van der Waals surface area contributed by atoms with Gasteiger partial charge in [-0.05, 0) is 60.9 Å². The molecule has 0 unspecified atom stereocenters. The third kappa shape index (κ3) is 18.4. The smallest absolute Gasteiger partial charge is 0.423 e. The second kappa shape index (κ2) is 26.2. The first-order chi connectivity index (χ1) is 29.0. The van der Waals surface area contributed by atoms with Crippen LogP contribution < -0.4 is 26.7 Å². The third-order valence-electron chi connectivity index (χ3n) is 8.35. The molecule has 0 aliphatic carbocycles. The Morgan fingerprint density at radius 1 is 0.650 bits per heavy atom. The van der Waals surface area contributed by atoms with E-state index < -0.39 is 13.2 Å². The summed E-state index contributed by atoms with van der Waals surface area (Å²) in [6.45, 7) is 7.72. The van der Waals surface area contributed by atoms with Gasteiger partial charge < -0.3 is 59.7 Å². The Labute approximate surface area is 348 Å². The fourth-order valence-corrected chi connectivity index (χ4v) is 5.38. The molecule has 0 fully saturated rings. The lowest BCUT2D eigenvalue weighted by Gasteiger charge is -2.14. The van der Waals surface area contributed by atoms with Crippen molar-refractivity contribution >= 4 is 41.6 Å². The Kier molecular flexibility index (Phi) is 20.7. The molecule has 2 amide bonds. The predicted octanol–water partition coefficient (Wildman–Crippen LogP) is 3.16. The minimum absolute atomic E-state index is 0.256. The number of nitrogens with zero attached hydrogens (tertiary/aromatic N) is 2. The van der Waals surface area contributed by atoms with Crippen molar-refractivity contribution in [2.75, 3.05) is 103 Å². The molecule has 0 radical (unpaired) electrons. The van der Waals surface area contributed by atoms with Crippen LogP contribution in [0.1, 0.15) is 33.2 Å². The summed E-state index contributed by atoms with van der Waals surface area (Å²) in [4.78, 5) is 33.6. The van der Waals surface area contributed by atoms with Crippen LogP contribution in [0, 0.1) is 6.92 Å². The summed E-state index contributed by atoms with van der Waals surface area (Å²) in [5, 5.41) is 29.6. The normalized spacial score (nSPS) is 11.3. The van der Waals surface area contributed by atoms with Crippen molar-refractivity contribution in [2.45, 2.75) is 19.9 Å². The van der Waals surface area contributed by atoms with Gasteiger partial charge in [0.2, 0.25) is 0 Å². The fraction of sp³-hybridized carbons (Fsp3) is 0.415. The highest BCUT2D eigenvalue weighted by molar-refractivity contribution is 6.59. The number of amides is 2. The Morgan fingerprint density at radius 3 is 1.67 bits per heavy atom. The number of carbonyl (C=O) groups is 2. The maximum absolute atomic E-state index is 13.2. The number of aryl methyl sites for hydroxylation is 1.